The van der Waals surface area contributed by atoms with Crippen molar-refractivity contribution in [2.24, 2.45) is 0 Å². The van der Waals surface area contributed by atoms with Crippen LogP contribution in [0.5, 0.6) is 5.75 Å². The molecule has 0 aliphatic carbocycles. The van der Waals surface area contributed by atoms with E-state index in [1.165, 1.54) is 0 Å². The minimum Gasteiger partial charge on any atom is -0.495 e. The molecular weight excluding hydrogens is 102 g/mol. The molecule has 0 radical (unpaired) electrons. The molecule has 0 amide bonds. The third-order valence-corrected chi connectivity index (χ3v) is 0.870. The average molecular weight is 109 g/mol. The Balaban J connectivity index is 2.83. The van der Waals surface area contributed by atoms with Crippen molar-refractivity contribution in [1.82, 2.24) is 4.98 Å². The molecule has 0 unspecified atom stereocenters. The molecule has 2 nitrogen and oxygen atoms in total. The normalized spacial score (nSPS) is 8.62. The van der Waals surface area contributed by atoms with Gasteiger partial charge in [-0.2, -0.15) is 0 Å². The van der Waals surface area contributed by atoms with E-state index in [1.54, 1.807) is 19.5 Å². The SMILES string of the molecule is COc1cccnc1. The van der Waals surface area contributed by atoms with Gasteiger partial charge >= 0.3 is 0 Å². The number of hydrogen-bond donors (Lipinski definition) is 0. The van der Waals surface area contributed by atoms with Crippen LogP contribution in [0, 0.1) is 0 Å². The molecule has 1 rings (SSSR count). The summed E-state index contributed by atoms with van der Waals surface area (Å²) >= 11 is 0. The summed E-state index contributed by atoms with van der Waals surface area (Å²) in [7, 11) is 1.62. The Hall–Kier alpha value is -1.05. The first-order valence-electron chi connectivity index (χ1n) is 2.37. The molecule has 42 valence electrons. The van der Waals surface area contributed by atoms with Crippen LogP contribution < -0.4 is 4.74 Å². The fraction of sp³-hybridized carbons (Fsp3) is 0.167. The standard InChI is InChI=1S/C6H7NO/c1-8-6-3-2-4-7-5-6/h2-5H,1H3. The summed E-state index contributed by atoms with van der Waals surface area (Å²) in [5, 5.41) is 0. The van der Waals surface area contributed by atoms with E-state index in [0.29, 0.717) is 0 Å². The van der Waals surface area contributed by atoms with Crippen LogP contribution in [0.1, 0.15) is 0 Å². The van der Waals surface area contributed by atoms with Gasteiger partial charge in [-0.3, -0.25) is 4.98 Å². The molecule has 0 aliphatic rings. The zero-order valence-electron chi connectivity index (χ0n) is 4.66. The molecule has 8 heavy (non-hydrogen) atoms. The van der Waals surface area contributed by atoms with Gasteiger partial charge in [0.05, 0.1) is 13.3 Å². The maximum absolute atomic E-state index is 4.85. The summed E-state index contributed by atoms with van der Waals surface area (Å²) in [5.41, 5.74) is 0. The number of pyridine rings is 1. The summed E-state index contributed by atoms with van der Waals surface area (Å²) in [4.78, 5) is 3.83. The molecule has 1 aromatic heterocycles. The second kappa shape index (κ2) is 2.31. The van der Waals surface area contributed by atoms with Gasteiger partial charge in [0.1, 0.15) is 5.75 Å². The largest absolute Gasteiger partial charge is 0.495 e. The van der Waals surface area contributed by atoms with Gasteiger partial charge in [0.2, 0.25) is 0 Å². The van der Waals surface area contributed by atoms with Crippen molar-refractivity contribution in [2.45, 2.75) is 0 Å². The number of methoxy groups -OCH3 is 1. The molecule has 0 fully saturated rings. The molecule has 0 aromatic carbocycles. The second-order valence-corrected chi connectivity index (χ2v) is 1.39. The molecular formula is C6H7NO. The Morgan fingerprint density at radius 2 is 2.50 bits per heavy atom. The quantitative estimate of drug-likeness (QED) is 0.538. The Bertz CT molecular complexity index is 150. The van der Waals surface area contributed by atoms with Gasteiger partial charge in [-0.1, -0.05) is 0 Å². The number of aromatic nitrogens is 1. The maximum atomic E-state index is 4.85. The lowest BCUT2D eigenvalue weighted by molar-refractivity contribution is 0.413. The predicted octanol–water partition coefficient (Wildman–Crippen LogP) is 1.09. The lowest BCUT2D eigenvalue weighted by atomic mass is 10.5. The second-order valence-electron chi connectivity index (χ2n) is 1.39. The molecule has 0 saturated carbocycles. The average Bonchev–Trinajstić information content (AvgIpc) is 1.90. The number of hydrogen-bond acceptors (Lipinski definition) is 2. The zero-order valence-corrected chi connectivity index (χ0v) is 4.66. The van der Waals surface area contributed by atoms with Gasteiger partial charge in [-0.25, -0.2) is 0 Å². The molecule has 0 spiro atoms. The highest BCUT2D eigenvalue weighted by molar-refractivity contribution is 5.14. The summed E-state index contributed by atoms with van der Waals surface area (Å²) in [5.74, 6) is 0.799. The highest BCUT2D eigenvalue weighted by Gasteiger charge is 1.81. The van der Waals surface area contributed by atoms with Crippen molar-refractivity contribution in [1.29, 1.82) is 0 Å². The van der Waals surface area contributed by atoms with Gasteiger partial charge in [-0.15, -0.1) is 0 Å². The minimum absolute atomic E-state index is 0.799. The third kappa shape index (κ3) is 0.964. The zero-order chi connectivity index (χ0) is 5.82. The predicted molar refractivity (Wildman–Crippen MR) is 30.8 cm³/mol. The summed E-state index contributed by atoms with van der Waals surface area (Å²) in [6, 6.07) is 3.69. The molecule has 0 bridgehead atoms. The van der Waals surface area contributed by atoms with E-state index in [1.807, 2.05) is 12.1 Å². The Labute approximate surface area is 48.1 Å². The van der Waals surface area contributed by atoms with E-state index in [9.17, 15) is 0 Å². The van der Waals surface area contributed by atoms with Crippen LogP contribution >= 0.6 is 0 Å². The molecule has 0 saturated heterocycles. The molecule has 2 heteroatoms. The van der Waals surface area contributed by atoms with E-state index in [2.05, 4.69) is 4.98 Å². The van der Waals surface area contributed by atoms with Crippen LogP contribution in [-0.4, -0.2) is 12.1 Å². The number of rotatable bonds is 1. The van der Waals surface area contributed by atoms with Gasteiger partial charge in [0.25, 0.3) is 0 Å². The van der Waals surface area contributed by atoms with E-state index in [4.69, 9.17) is 4.74 Å². The van der Waals surface area contributed by atoms with Crippen molar-refractivity contribution in [3.8, 4) is 5.75 Å². The van der Waals surface area contributed by atoms with Gasteiger partial charge in [0, 0.05) is 6.20 Å². The molecule has 1 aromatic rings. The van der Waals surface area contributed by atoms with Crippen molar-refractivity contribution < 1.29 is 4.74 Å². The fourth-order valence-electron chi connectivity index (χ4n) is 0.468. The van der Waals surface area contributed by atoms with Gasteiger partial charge in [-0.05, 0) is 12.1 Å². The molecule has 0 aliphatic heterocycles. The first-order chi connectivity index (χ1) is 3.93. The minimum atomic E-state index is 0.799. The number of nitrogens with zero attached hydrogens (tertiary/aromatic N) is 1. The maximum Gasteiger partial charge on any atom is 0.137 e. The van der Waals surface area contributed by atoms with Gasteiger partial charge < -0.3 is 4.74 Å². The smallest absolute Gasteiger partial charge is 0.137 e. The van der Waals surface area contributed by atoms with Crippen molar-refractivity contribution in [2.75, 3.05) is 7.11 Å². The van der Waals surface area contributed by atoms with E-state index >= 15 is 0 Å². The third-order valence-electron chi connectivity index (χ3n) is 0.870. The highest BCUT2D eigenvalue weighted by Crippen LogP contribution is 2.02. The van der Waals surface area contributed by atoms with E-state index < -0.39 is 0 Å². The Morgan fingerprint density at radius 1 is 1.62 bits per heavy atom. The Kier molecular flexibility index (Phi) is 1.47. The first kappa shape index (κ1) is 5.09. The van der Waals surface area contributed by atoms with E-state index in [0.717, 1.165) is 5.75 Å². The highest BCUT2D eigenvalue weighted by atomic mass is 16.5. The Morgan fingerprint density at radius 3 is 2.88 bits per heavy atom. The first-order valence-corrected chi connectivity index (χ1v) is 2.37. The van der Waals surface area contributed by atoms with Crippen LogP contribution in [0.4, 0.5) is 0 Å². The summed E-state index contributed by atoms with van der Waals surface area (Å²) in [6.07, 6.45) is 3.38. The number of ether oxygens (including phenoxy) is 1. The van der Waals surface area contributed by atoms with E-state index in [-0.39, 0.29) is 0 Å². The van der Waals surface area contributed by atoms with Crippen molar-refractivity contribution in [3.05, 3.63) is 24.5 Å². The van der Waals surface area contributed by atoms with Crippen molar-refractivity contribution >= 4 is 0 Å². The van der Waals surface area contributed by atoms with Crippen LogP contribution in [0.15, 0.2) is 24.5 Å². The van der Waals surface area contributed by atoms with Crippen LogP contribution in [0.25, 0.3) is 0 Å². The van der Waals surface area contributed by atoms with Gasteiger partial charge in [0.15, 0.2) is 0 Å². The lowest BCUT2D eigenvalue weighted by Gasteiger charge is -1.93. The molecule has 1 heterocycles. The molecule has 0 N–H and O–H groups in total. The van der Waals surface area contributed by atoms with Crippen LogP contribution in [-0.2, 0) is 0 Å². The summed E-state index contributed by atoms with van der Waals surface area (Å²) < 4.78 is 4.85. The lowest BCUT2D eigenvalue weighted by Crippen LogP contribution is -1.80. The van der Waals surface area contributed by atoms with Crippen molar-refractivity contribution in [3.63, 3.8) is 0 Å². The van der Waals surface area contributed by atoms with Crippen LogP contribution in [0.2, 0.25) is 0 Å². The van der Waals surface area contributed by atoms with Crippen LogP contribution in [0.3, 0.4) is 0 Å². The fourth-order valence-corrected chi connectivity index (χ4v) is 0.468. The summed E-state index contributed by atoms with van der Waals surface area (Å²) in [6.45, 7) is 0. The monoisotopic (exact) mass is 109 g/mol. The topological polar surface area (TPSA) is 22.1 Å². The molecule has 0 atom stereocenters.